The molecule has 10 heteroatoms. The standard InChI is InChI=1S/C28H20N8O2/c1-35-14-30-13-25(35)23-12-18(17-4-2-3-5-19(17)31-23)27-32-22-10-15(26(29)37)6-9-24(22)36(27)16-7-8-20-21(11-16)34-28(38)33-20/h2-14,20H,1H3,(H2,29,37)(H,33,38). The molecule has 0 spiro atoms. The van der Waals surface area contributed by atoms with Crippen molar-refractivity contribution < 1.29 is 9.59 Å². The van der Waals surface area contributed by atoms with Gasteiger partial charge in [-0.25, -0.2) is 19.7 Å². The highest BCUT2D eigenvalue weighted by Gasteiger charge is 2.27. The van der Waals surface area contributed by atoms with E-state index in [0.29, 0.717) is 22.6 Å². The summed E-state index contributed by atoms with van der Waals surface area (Å²) < 4.78 is 3.92. The van der Waals surface area contributed by atoms with Gasteiger partial charge in [-0.05, 0) is 42.5 Å². The van der Waals surface area contributed by atoms with Gasteiger partial charge in [0, 0.05) is 29.3 Å². The minimum absolute atomic E-state index is 0.260. The number of aryl methyl sites for hydroxylation is 1. The number of pyridine rings is 1. The number of carbonyl (C=O) groups is 2. The molecule has 2 aromatic carbocycles. The summed E-state index contributed by atoms with van der Waals surface area (Å²) in [4.78, 5) is 42.1. The van der Waals surface area contributed by atoms with E-state index in [1.165, 1.54) is 0 Å². The van der Waals surface area contributed by atoms with Gasteiger partial charge >= 0.3 is 6.03 Å². The minimum Gasteiger partial charge on any atom is -0.366 e. The summed E-state index contributed by atoms with van der Waals surface area (Å²) in [5, 5.41) is 3.73. The van der Waals surface area contributed by atoms with Gasteiger partial charge in [0.1, 0.15) is 5.82 Å². The monoisotopic (exact) mass is 500 g/mol. The number of amides is 3. The van der Waals surface area contributed by atoms with E-state index < -0.39 is 5.91 Å². The summed E-state index contributed by atoms with van der Waals surface area (Å²) in [6, 6.07) is 14.5. The highest BCUT2D eigenvalue weighted by atomic mass is 16.2. The number of benzene rings is 2. The summed E-state index contributed by atoms with van der Waals surface area (Å²) in [6.45, 7) is 0. The van der Waals surface area contributed by atoms with Crippen molar-refractivity contribution in [1.82, 2.24) is 29.4 Å². The van der Waals surface area contributed by atoms with Crippen molar-refractivity contribution in [3.05, 3.63) is 84.8 Å². The predicted octanol–water partition coefficient (Wildman–Crippen LogP) is 3.69. The number of nitrogens with zero attached hydrogens (tertiary/aromatic N) is 6. The molecule has 1 aliphatic carbocycles. The highest BCUT2D eigenvalue weighted by Crippen LogP contribution is 2.36. The van der Waals surface area contributed by atoms with E-state index in [2.05, 4.69) is 15.3 Å². The molecule has 3 N–H and O–H groups in total. The second-order valence-corrected chi connectivity index (χ2v) is 9.19. The van der Waals surface area contributed by atoms with E-state index in [9.17, 15) is 9.59 Å². The second kappa shape index (κ2) is 8.07. The number of nitrogens with two attached hydrogens (primary N) is 1. The first-order valence-corrected chi connectivity index (χ1v) is 11.9. The SMILES string of the molecule is Cn1cncc1-c1cc(-c2nc3cc(C(N)=O)ccc3n2C2=CC3=NC(=O)NC3C=C2)c2ccccc2n1. The van der Waals surface area contributed by atoms with Gasteiger partial charge in [-0.15, -0.1) is 0 Å². The summed E-state index contributed by atoms with van der Waals surface area (Å²) in [5.74, 6) is 0.122. The van der Waals surface area contributed by atoms with Crippen LogP contribution in [0.1, 0.15) is 10.4 Å². The molecule has 0 saturated heterocycles. The molecule has 0 radical (unpaired) electrons. The lowest BCUT2D eigenvalue weighted by molar-refractivity contribution is 0.100. The molecule has 5 aromatic rings. The quantitative estimate of drug-likeness (QED) is 0.388. The van der Waals surface area contributed by atoms with Crippen LogP contribution in [0, 0.1) is 0 Å². The molecular weight excluding hydrogens is 480 g/mol. The molecule has 3 amide bonds. The highest BCUT2D eigenvalue weighted by molar-refractivity contribution is 6.16. The van der Waals surface area contributed by atoms with Gasteiger partial charge in [0.2, 0.25) is 5.91 Å². The van der Waals surface area contributed by atoms with Crippen LogP contribution in [0.3, 0.4) is 0 Å². The van der Waals surface area contributed by atoms with Crippen LogP contribution in [-0.4, -0.2) is 47.8 Å². The summed E-state index contributed by atoms with van der Waals surface area (Å²) in [5.41, 5.74) is 12.0. The molecule has 1 atom stereocenters. The minimum atomic E-state index is -0.527. The van der Waals surface area contributed by atoms with Crippen molar-refractivity contribution in [2.75, 3.05) is 0 Å². The third-order valence-electron chi connectivity index (χ3n) is 6.82. The molecule has 10 nitrogen and oxygen atoms in total. The molecule has 184 valence electrons. The second-order valence-electron chi connectivity index (χ2n) is 9.19. The molecule has 4 heterocycles. The molecule has 2 aliphatic rings. The lowest BCUT2D eigenvalue weighted by Crippen LogP contribution is -2.30. The number of hydrogen-bond donors (Lipinski definition) is 2. The van der Waals surface area contributed by atoms with Gasteiger partial charge in [0.05, 0.1) is 52.2 Å². The van der Waals surface area contributed by atoms with Gasteiger partial charge in [-0.2, -0.15) is 4.99 Å². The first kappa shape index (κ1) is 21.9. The van der Waals surface area contributed by atoms with Crippen LogP contribution in [0.15, 0.2) is 84.3 Å². The van der Waals surface area contributed by atoms with Gasteiger partial charge in [0.25, 0.3) is 0 Å². The fourth-order valence-corrected chi connectivity index (χ4v) is 5.00. The Morgan fingerprint density at radius 3 is 2.76 bits per heavy atom. The Morgan fingerprint density at radius 2 is 1.95 bits per heavy atom. The molecule has 1 aliphatic heterocycles. The normalized spacial score (nSPS) is 16.4. The number of para-hydroxylation sites is 1. The van der Waals surface area contributed by atoms with Crippen molar-refractivity contribution in [2.45, 2.75) is 6.04 Å². The van der Waals surface area contributed by atoms with Crippen LogP contribution in [0.25, 0.3) is 50.4 Å². The fourth-order valence-electron chi connectivity index (χ4n) is 5.00. The number of imidazole rings is 2. The number of aliphatic imine (C=N–C) groups is 1. The van der Waals surface area contributed by atoms with Gasteiger partial charge in [-0.1, -0.05) is 24.3 Å². The number of aromatic nitrogens is 5. The van der Waals surface area contributed by atoms with Crippen LogP contribution in [0.4, 0.5) is 4.79 Å². The maximum Gasteiger partial charge on any atom is 0.342 e. The number of urea groups is 1. The third kappa shape index (κ3) is 3.34. The van der Waals surface area contributed by atoms with E-state index in [0.717, 1.165) is 39.1 Å². The lowest BCUT2D eigenvalue weighted by Gasteiger charge is -2.17. The Kier molecular flexibility index (Phi) is 4.64. The maximum absolute atomic E-state index is 11.9. The summed E-state index contributed by atoms with van der Waals surface area (Å²) in [7, 11) is 1.92. The Hall–Kier alpha value is -5.38. The number of primary amides is 1. The zero-order chi connectivity index (χ0) is 26.0. The van der Waals surface area contributed by atoms with Crippen molar-refractivity contribution in [1.29, 1.82) is 0 Å². The lowest BCUT2D eigenvalue weighted by atomic mass is 10.0. The molecule has 3 aromatic heterocycles. The van der Waals surface area contributed by atoms with Gasteiger partial charge in [-0.3, -0.25) is 9.36 Å². The van der Waals surface area contributed by atoms with Crippen molar-refractivity contribution >= 4 is 45.3 Å². The number of allylic oxidation sites excluding steroid dienone is 2. The van der Waals surface area contributed by atoms with Crippen LogP contribution in [0.5, 0.6) is 0 Å². The predicted molar refractivity (Wildman–Crippen MR) is 144 cm³/mol. The molecule has 0 bridgehead atoms. The number of hydrogen-bond acceptors (Lipinski definition) is 5. The Bertz CT molecular complexity index is 1920. The summed E-state index contributed by atoms with van der Waals surface area (Å²) >= 11 is 0. The fraction of sp³-hybridized carbons (Fsp3) is 0.0714. The van der Waals surface area contributed by atoms with E-state index in [1.807, 2.05) is 70.8 Å². The molecule has 0 fully saturated rings. The largest absolute Gasteiger partial charge is 0.366 e. The van der Waals surface area contributed by atoms with E-state index in [-0.39, 0.29) is 12.1 Å². The zero-order valence-electron chi connectivity index (χ0n) is 20.2. The zero-order valence-corrected chi connectivity index (χ0v) is 20.2. The first-order valence-electron chi connectivity index (χ1n) is 11.9. The Morgan fingerprint density at radius 1 is 1.08 bits per heavy atom. The molecule has 7 rings (SSSR count). The van der Waals surface area contributed by atoms with Crippen LogP contribution in [-0.2, 0) is 7.05 Å². The number of rotatable bonds is 4. The van der Waals surface area contributed by atoms with Gasteiger partial charge in [0.15, 0.2) is 0 Å². The topological polar surface area (TPSA) is 133 Å². The molecule has 38 heavy (non-hydrogen) atoms. The molecule has 0 saturated carbocycles. The average molecular weight is 501 g/mol. The number of nitrogens with one attached hydrogen (secondary N) is 1. The van der Waals surface area contributed by atoms with E-state index >= 15 is 0 Å². The maximum atomic E-state index is 11.9. The molecule has 1 unspecified atom stereocenters. The van der Waals surface area contributed by atoms with Crippen LogP contribution < -0.4 is 11.1 Å². The average Bonchev–Trinajstić information content (AvgIpc) is 3.62. The Balaban J connectivity index is 1.54. The van der Waals surface area contributed by atoms with Crippen LogP contribution in [0.2, 0.25) is 0 Å². The number of fused-ring (bicyclic) bond motifs is 3. The van der Waals surface area contributed by atoms with Gasteiger partial charge < -0.3 is 15.6 Å². The van der Waals surface area contributed by atoms with E-state index in [4.69, 9.17) is 15.7 Å². The Labute approximate surface area is 215 Å². The van der Waals surface area contributed by atoms with Crippen LogP contribution >= 0.6 is 0 Å². The van der Waals surface area contributed by atoms with Crippen molar-refractivity contribution in [3.8, 4) is 22.8 Å². The van der Waals surface area contributed by atoms with E-state index in [1.54, 1.807) is 24.7 Å². The molecular formula is C28H20N8O2. The van der Waals surface area contributed by atoms with Crippen molar-refractivity contribution in [3.63, 3.8) is 0 Å². The number of carbonyl (C=O) groups excluding carboxylic acids is 2. The third-order valence-corrected chi connectivity index (χ3v) is 6.82. The smallest absolute Gasteiger partial charge is 0.342 e. The summed E-state index contributed by atoms with van der Waals surface area (Å²) in [6.07, 6.45) is 9.22. The van der Waals surface area contributed by atoms with Crippen molar-refractivity contribution in [2.24, 2.45) is 17.8 Å². The first-order chi connectivity index (χ1) is 18.5.